The van der Waals surface area contributed by atoms with Crippen LogP contribution in [0, 0.1) is 5.82 Å². The Morgan fingerprint density at radius 2 is 1.82 bits per heavy atom. The number of aliphatic hydroxyl groups is 1. The third-order valence-corrected chi connectivity index (χ3v) is 5.67. The van der Waals surface area contributed by atoms with Crippen molar-refractivity contribution in [3.63, 3.8) is 0 Å². The number of aromatic nitrogens is 5. The van der Waals surface area contributed by atoms with Gasteiger partial charge in [0.15, 0.2) is 17.1 Å². The summed E-state index contributed by atoms with van der Waals surface area (Å²) < 4.78 is 86.2. The quantitative estimate of drug-likeness (QED) is 0.317. The highest BCUT2D eigenvalue weighted by molar-refractivity contribution is 5.85. The first kappa shape index (κ1) is 27.8. The Kier molecular flexibility index (Phi) is 7.72. The van der Waals surface area contributed by atoms with E-state index < -0.39 is 58.6 Å². The van der Waals surface area contributed by atoms with Crippen molar-refractivity contribution in [1.82, 2.24) is 24.7 Å². The number of rotatable bonds is 8. The summed E-state index contributed by atoms with van der Waals surface area (Å²) >= 11 is 0. The molecule has 2 atom stereocenters. The van der Waals surface area contributed by atoms with Crippen LogP contribution in [-0.2, 0) is 12.7 Å². The van der Waals surface area contributed by atoms with Gasteiger partial charge in [-0.2, -0.15) is 18.3 Å². The molecule has 0 unspecified atom stereocenters. The van der Waals surface area contributed by atoms with Crippen LogP contribution in [0.3, 0.4) is 0 Å². The Balaban J connectivity index is 1.51. The van der Waals surface area contributed by atoms with Crippen LogP contribution in [0.5, 0.6) is 5.75 Å². The van der Waals surface area contributed by atoms with E-state index >= 15 is 0 Å². The number of nitrogens with one attached hydrogen (secondary N) is 1. The monoisotopic (exact) mass is 555 g/mol. The topological polar surface area (TPSA) is 123 Å². The Morgan fingerprint density at radius 3 is 2.46 bits per heavy atom. The van der Waals surface area contributed by atoms with Crippen LogP contribution in [0.15, 0.2) is 52.6 Å². The zero-order chi connectivity index (χ0) is 28.5. The van der Waals surface area contributed by atoms with Crippen molar-refractivity contribution < 1.29 is 36.2 Å². The van der Waals surface area contributed by atoms with Gasteiger partial charge in [-0.05, 0) is 30.5 Å². The number of ether oxygens (including phenoxy) is 1. The average molecular weight is 555 g/mol. The Bertz CT molecular complexity index is 1600. The molecule has 15 heteroatoms. The number of H-pyrrole nitrogens is 1. The van der Waals surface area contributed by atoms with E-state index in [0.717, 1.165) is 23.0 Å². The lowest BCUT2D eigenvalue weighted by molar-refractivity contribution is -0.140. The van der Waals surface area contributed by atoms with E-state index in [1.807, 2.05) is 0 Å². The fourth-order valence-corrected chi connectivity index (χ4v) is 3.90. The van der Waals surface area contributed by atoms with Crippen molar-refractivity contribution >= 4 is 10.8 Å². The number of hydrogen-bond acceptors (Lipinski definition) is 7. The molecule has 0 fully saturated rings. The van der Waals surface area contributed by atoms with Crippen molar-refractivity contribution in [3.8, 4) is 17.1 Å². The molecule has 2 N–H and O–H groups in total. The lowest BCUT2D eigenvalue weighted by Gasteiger charge is -2.20. The Hall–Kier alpha value is -4.27. The molecule has 4 rings (SSSR count). The third kappa shape index (κ3) is 6.08. The second-order valence-corrected chi connectivity index (χ2v) is 8.59. The van der Waals surface area contributed by atoms with Crippen LogP contribution in [0.25, 0.3) is 22.2 Å². The number of halogens is 6. The lowest BCUT2D eigenvalue weighted by atomic mass is 10.1. The van der Waals surface area contributed by atoms with Gasteiger partial charge in [0.25, 0.3) is 17.5 Å². The molecule has 3 aromatic heterocycles. The molecule has 1 aromatic carbocycles. The minimum atomic E-state index is -5.00. The number of pyridine rings is 1. The van der Waals surface area contributed by atoms with E-state index in [4.69, 9.17) is 4.74 Å². The summed E-state index contributed by atoms with van der Waals surface area (Å²) in [7, 11) is 0. The number of aromatic amines is 1. The van der Waals surface area contributed by atoms with Crippen LogP contribution in [-0.4, -0.2) is 42.0 Å². The van der Waals surface area contributed by atoms with E-state index in [9.17, 15) is 41.0 Å². The molecular formula is C24H19F6N5O4. The van der Waals surface area contributed by atoms with Gasteiger partial charge in [-0.1, -0.05) is 0 Å². The van der Waals surface area contributed by atoms with Crippen LogP contribution in [0.2, 0.25) is 0 Å². The van der Waals surface area contributed by atoms with Gasteiger partial charge in [0.1, 0.15) is 5.82 Å². The predicted octanol–water partition coefficient (Wildman–Crippen LogP) is 3.86. The molecule has 4 aromatic rings. The summed E-state index contributed by atoms with van der Waals surface area (Å²) in [6.07, 6.45) is -6.55. The van der Waals surface area contributed by atoms with Gasteiger partial charge in [-0.3, -0.25) is 9.59 Å². The maximum absolute atomic E-state index is 14.8. The maximum Gasteiger partial charge on any atom is 0.425 e. The number of nitrogens with zero attached hydrogens (tertiary/aromatic N) is 4. The molecule has 0 amide bonds. The molecule has 9 nitrogen and oxygen atoms in total. The highest BCUT2D eigenvalue weighted by atomic mass is 19.4. The first-order valence-corrected chi connectivity index (χ1v) is 11.3. The Labute approximate surface area is 214 Å². The summed E-state index contributed by atoms with van der Waals surface area (Å²) in [4.78, 5) is 32.0. The lowest BCUT2D eigenvalue weighted by Crippen LogP contribution is -2.31. The molecule has 0 aliphatic heterocycles. The standard InChI is InChI=1S/C24H19F6N5O4/c1-11(39-18-9-33-34-22(37)19(18)24(28,29)30)4-14(36)10-35-3-2-12-5-16(17(25)6-15(12)23(35)38)21-31-7-13(8-32-21)20(26)27/h2-3,5-9,11,14,20,36H,4,10H2,1H3,(H,34,37)/t11-,14-/m1/s1. The highest BCUT2D eigenvalue weighted by Gasteiger charge is 2.38. The summed E-state index contributed by atoms with van der Waals surface area (Å²) in [5.41, 5.74) is -4.27. The molecule has 206 valence electrons. The van der Waals surface area contributed by atoms with E-state index in [0.29, 0.717) is 11.6 Å². The molecule has 0 spiro atoms. The van der Waals surface area contributed by atoms with Crippen LogP contribution in [0.4, 0.5) is 26.3 Å². The number of alkyl halides is 5. The molecular weight excluding hydrogens is 536 g/mol. The van der Waals surface area contributed by atoms with Gasteiger partial charge in [-0.15, -0.1) is 0 Å². The zero-order valence-electron chi connectivity index (χ0n) is 19.9. The summed E-state index contributed by atoms with van der Waals surface area (Å²) in [5.74, 6) is -1.85. The minimum Gasteiger partial charge on any atom is -0.488 e. The van der Waals surface area contributed by atoms with E-state index in [1.54, 1.807) is 5.10 Å². The van der Waals surface area contributed by atoms with Gasteiger partial charge in [0.05, 0.1) is 41.5 Å². The number of hydrogen-bond donors (Lipinski definition) is 2. The molecule has 0 aliphatic rings. The second-order valence-electron chi connectivity index (χ2n) is 8.59. The van der Waals surface area contributed by atoms with Gasteiger partial charge < -0.3 is 14.4 Å². The molecule has 0 bridgehead atoms. The number of fused-ring (bicyclic) bond motifs is 1. The smallest absolute Gasteiger partial charge is 0.425 e. The van der Waals surface area contributed by atoms with Gasteiger partial charge in [0, 0.05) is 25.0 Å². The van der Waals surface area contributed by atoms with Crippen molar-refractivity contribution in [2.75, 3.05) is 0 Å². The van der Waals surface area contributed by atoms with E-state index in [2.05, 4.69) is 15.1 Å². The molecule has 0 radical (unpaired) electrons. The van der Waals surface area contributed by atoms with Crippen LogP contribution in [0.1, 0.15) is 30.9 Å². The van der Waals surface area contributed by atoms with Crippen molar-refractivity contribution in [2.24, 2.45) is 0 Å². The zero-order valence-corrected chi connectivity index (χ0v) is 19.9. The second kappa shape index (κ2) is 10.8. The van der Waals surface area contributed by atoms with Gasteiger partial charge in [-0.25, -0.2) is 28.2 Å². The first-order valence-electron chi connectivity index (χ1n) is 11.3. The summed E-state index contributed by atoms with van der Waals surface area (Å²) in [6.45, 7) is 1.06. The van der Waals surface area contributed by atoms with E-state index in [-0.39, 0.29) is 29.7 Å². The summed E-state index contributed by atoms with van der Waals surface area (Å²) in [6, 6.07) is 3.68. The number of aliphatic hydroxyl groups excluding tert-OH is 1. The minimum absolute atomic E-state index is 0.0520. The van der Waals surface area contributed by atoms with Gasteiger partial charge >= 0.3 is 6.18 Å². The Morgan fingerprint density at radius 1 is 1.13 bits per heavy atom. The molecule has 3 heterocycles. The molecule has 0 saturated carbocycles. The van der Waals surface area contributed by atoms with Gasteiger partial charge in [0.2, 0.25) is 0 Å². The molecule has 39 heavy (non-hydrogen) atoms. The van der Waals surface area contributed by atoms with Crippen LogP contribution >= 0.6 is 0 Å². The fourth-order valence-electron chi connectivity index (χ4n) is 3.90. The molecule has 0 aliphatic carbocycles. The SMILES string of the molecule is C[C@H](C[C@@H](O)Cn1ccc2cc(-c3ncc(C(F)F)cn3)c(F)cc2c1=O)Oc1cn[nH]c(=O)c1C(F)(F)F. The number of benzene rings is 1. The normalized spacial score (nSPS) is 13.6. The average Bonchev–Trinajstić information content (AvgIpc) is 2.85. The first-order chi connectivity index (χ1) is 18.3. The largest absolute Gasteiger partial charge is 0.488 e. The predicted molar refractivity (Wildman–Crippen MR) is 125 cm³/mol. The fraction of sp³-hybridized carbons (Fsp3) is 0.292. The third-order valence-electron chi connectivity index (χ3n) is 5.67. The van der Waals surface area contributed by atoms with E-state index in [1.165, 1.54) is 25.3 Å². The maximum atomic E-state index is 14.8. The highest BCUT2D eigenvalue weighted by Crippen LogP contribution is 2.33. The van der Waals surface area contributed by atoms with Crippen molar-refractivity contribution in [2.45, 2.75) is 44.7 Å². The summed E-state index contributed by atoms with van der Waals surface area (Å²) in [5, 5.41) is 15.7. The van der Waals surface area contributed by atoms with Crippen molar-refractivity contribution in [3.05, 3.63) is 80.6 Å². The molecule has 0 saturated heterocycles. The van der Waals surface area contributed by atoms with Crippen LogP contribution < -0.4 is 15.9 Å². The van der Waals surface area contributed by atoms with Crippen molar-refractivity contribution in [1.29, 1.82) is 0 Å².